The summed E-state index contributed by atoms with van der Waals surface area (Å²) in [6.07, 6.45) is -1.65. The SMILES string of the molecule is CN(Cc1ccccc1OC(F)(F)F)C(=O)CCC(=O)c1ccc2c(c1)CCC2. The number of carbonyl (C=O) groups is 2. The van der Waals surface area contributed by atoms with Crippen LogP contribution in [0.1, 0.15) is 46.3 Å². The molecule has 0 bridgehead atoms. The van der Waals surface area contributed by atoms with Crippen LogP contribution in [0, 0.1) is 0 Å². The third-order valence-electron chi connectivity index (χ3n) is 5.02. The fraction of sp³-hybridized carbons (Fsp3) is 0.364. The number of rotatable bonds is 7. The zero-order valence-electron chi connectivity index (χ0n) is 16.1. The molecular weight excluding hydrogens is 383 g/mol. The molecule has 0 aromatic heterocycles. The van der Waals surface area contributed by atoms with Crippen LogP contribution in [-0.4, -0.2) is 30.0 Å². The maximum absolute atomic E-state index is 12.5. The minimum absolute atomic E-state index is 0.00525. The van der Waals surface area contributed by atoms with E-state index in [0.29, 0.717) is 5.56 Å². The summed E-state index contributed by atoms with van der Waals surface area (Å²) in [5.74, 6) is -0.766. The summed E-state index contributed by atoms with van der Waals surface area (Å²) in [6, 6.07) is 11.4. The van der Waals surface area contributed by atoms with Crippen molar-refractivity contribution in [2.75, 3.05) is 7.05 Å². The zero-order valence-corrected chi connectivity index (χ0v) is 16.1. The van der Waals surface area contributed by atoms with Crippen molar-refractivity contribution >= 4 is 11.7 Å². The molecule has 29 heavy (non-hydrogen) atoms. The Kier molecular flexibility index (Phi) is 6.25. The number of amides is 1. The Labute approximate surface area is 167 Å². The van der Waals surface area contributed by atoms with Crippen molar-refractivity contribution in [1.82, 2.24) is 4.90 Å². The molecule has 0 N–H and O–H groups in total. The van der Waals surface area contributed by atoms with Crippen molar-refractivity contribution in [1.29, 1.82) is 0 Å². The molecule has 0 fully saturated rings. The summed E-state index contributed by atoms with van der Waals surface area (Å²) in [5, 5.41) is 0. The topological polar surface area (TPSA) is 46.6 Å². The van der Waals surface area contributed by atoms with Gasteiger partial charge in [-0.05, 0) is 42.5 Å². The molecule has 0 saturated carbocycles. The fourth-order valence-corrected chi connectivity index (χ4v) is 3.50. The number of nitrogens with zero attached hydrogens (tertiary/aromatic N) is 1. The molecule has 4 nitrogen and oxygen atoms in total. The molecule has 0 heterocycles. The van der Waals surface area contributed by atoms with E-state index in [1.807, 2.05) is 12.1 Å². The van der Waals surface area contributed by atoms with Gasteiger partial charge in [0.15, 0.2) is 5.78 Å². The van der Waals surface area contributed by atoms with Crippen LogP contribution in [0.5, 0.6) is 5.75 Å². The maximum atomic E-state index is 12.5. The van der Waals surface area contributed by atoms with Gasteiger partial charge in [-0.15, -0.1) is 13.2 Å². The van der Waals surface area contributed by atoms with Crippen LogP contribution in [0.15, 0.2) is 42.5 Å². The minimum Gasteiger partial charge on any atom is -0.405 e. The van der Waals surface area contributed by atoms with E-state index in [-0.39, 0.29) is 42.4 Å². The molecule has 154 valence electrons. The van der Waals surface area contributed by atoms with Gasteiger partial charge in [-0.1, -0.05) is 30.3 Å². The number of hydrogen-bond donors (Lipinski definition) is 0. The summed E-state index contributed by atoms with van der Waals surface area (Å²) in [7, 11) is 1.49. The van der Waals surface area contributed by atoms with Crippen LogP contribution in [0.2, 0.25) is 0 Å². The second kappa shape index (κ2) is 8.68. The highest BCUT2D eigenvalue weighted by Gasteiger charge is 2.32. The third kappa shape index (κ3) is 5.59. The van der Waals surface area contributed by atoms with Crippen LogP contribution in [-0.2, 0) is 24.2 Å². The lowest BCUT2D eigenvalue weighted by Crippen LogP contribution is -2.27. The molecule has 0 atom stereocenters. The third-order valence-corrected chi connectivity index (χ3v) is 5.02. The Bertz CT molecular complexity index is 908. The van der Waals surface area contributed by atoms with E-state index in [4.69, 9.17) is 0 Å². The standard InChI is InChI=1S/C22H22F3NO3/c1-26(14-18-5-2-3-8-20(18)29-22(23,24)25)21(28)12-11-19(27)17-10-9-15-6-4-7-16(15)13-17/h2-3,5,8-10,13H,4,6-7,11-12,14H2,1H3. The van der Waals surface area contributed by atoms with E-state index >= 15 is 0 Å². The molecule has 0 aliphatic heterocycles. The molecule has 0 spiro atoms. The van der Waals surface area contributed by atoms with E-state index in [2.05, 4.69) is 4.74 Å². The van der Waals surface area contributed by atoms with Gasteiger partial charge in [0, 0.05) is 37.6 Å². The Hall–Kier alpha value is -2.83. The number of ketones is 1. The fourth-order valence-electron chi connectivity index (χ4n) is 3.50. The van der Waals surface area contributed by atoms with Gasteiger partial charge in [-0.2, -0.15) is 0 Å². The van der Waals surface area contributed by atoms with Crippen molar-refractivity contribution in [3.63, 3.8) is 0 Å². The number of aryl methyl sites for hydroxylation is 2. The van der Waals surface area contributed by atoms with Crippen LogP contribution < -0.4 is 4.74 Å². The monoisotopic (exact) mass is 405 g/mol. The lowest BCUT2D eigenvalue weighted by atomic mass is 10.0. The number of hydrogen-bond acceptors (Lipinski definition) is 3. The Morgan fingerprint density at radius 2 is 1.76 bits per heavy atom. The molecule has 1 aliphatic carbocycles. The Morgan fingerprint density at radius 1 is 1.03 bits per heavy atom. The number of para-hydroxylation sites is 1. The van der Waals surface area contributed by atoms with Crippen molar-refractivity contribution in [3.05, 3.63) is 64.7 Å². The van der Waals surface area contributed by atoms with Gasteiger partial charge in [0.25, 0.3) is 0 Å². The average Bonchev–Trinajstić information content (AvgIpc) is 3.14. The number of halogens is 3. The molecule has 1 aliphatic rings. The van der Waals surface area contributed by atoms with Crippen LogP contribution in [0.3, 0.4) is 0 Å². The highest BCUT2D eigenvalue weighted by molar-refractivity contribution is 5.98. The average molecular weight is 405 g/mol. The van der Waals surface area contributed by atoms with Gasteiger partial charge in [0.05, 0.1) is 0 Å². The van der Waals surface area contributed by atoms with Gasteiger partial charge >= 0.3 is 6.36 Å². The quantitative estimate of drug-likeness (QED) is 0.628. The van der Waals surface area contributed by atoms with Crippen molar-refractivity contribution in [2.24, 2.45) is 0 Å². The van der Waals surface area contributed by atoms with Crippen molar-refractivity contribution < 1.29 is 27.5 Å². The first kappa shape index (κ1) is 20.9. The molecule has 0 unspecified atom stereocenters. The molecule has 2 aromatic carbocycles. The molecule has 7 heteroatoms. The van der Waals surface area contributed by atoms with E-state index in [1.165, 1.54) is 41.3 Å². The lowest BCUT2D eigenvalue weighted by molar-refractivity contribution is -0.275. The van der Waals surface area contributed by atoms with E-state index < -0.39 is 6.36 Å². The second-order valence-corrected chi connectivity index (χ2v) is 7.17. The number of alkyl halides is 3. The molecular formula is C22H22F3NO3. The molecule has 1 amide bonds. The number of fused-ring (bicyclic) bond motifs is 1. The van der Waals surface area contributed by atoms with Crippen molar-refractivity contribution in [3.8, 4) is 5.75 Å². The predicted octanol–water partition coefficient (Wildman–Crippen LogP) is 4.70. The largest absolute Gasteiger partial charge is 0.573 e. The first-order valence-corrected chi connectivity index (χ1v) is 9.45. The molecule has 2 aromatic rings. The number of benzene rings is 2. The minimum atomic E-state index is -4.80. The van der Waals surface area contributed by atoms with Crippen LogP contribution >= 0.6 is 0 Å². The Balaban J connectivity index is 1.57. The highest BCUT2D eigenvalue weighted by atomic mass is 19.4. The first-order chi connectivity index (χ1) is 13.7. The lowest BCUT2D eigenvalue weighted by Gasteiger charge is -2.20. The summed E-state index contributed by atoms with van der Waals surface area (Å²) in [4.78, 5) is 26.1. The molecule has 0 radical (unpaired) electrons. The smallest absolute Gasteiger partial charge is 0.405 e. The van der Waals surface area contributed by atoms with Gasteiger partial charge in [0.1, 0.15) is 5.75 Å². The van der Waals surface area contributed by atoms with Gasteiger partial charge in [-0.3, -0.25) is 9.59 Å². The second-order valence-electron chi connectivity index (χ2n) is 7.17. The zero-order chi connectivity index (χ0) is 21.0. The van der Waals surface area contributed by atoms with E-state index in [0.717, 1.165) is 19.3 Å². The number of ether oxygens (including phenoxy) is 1. The normalized spacial score (nSPS) is 13.1. The van der Waals surface area contributed by atoms with E-state index in [1.54, 1.807) is 12.1 Å². The van der Waals surface area contributed by atoms with Crippen molar-refractivity contribution in [2.45, 2.75) is 45.0 Å². The number of carbonyl (C=O) groups excluding carboxylic acids is 2. The first-order valence-electron chi connectivity index (χ1n) is 9.45. The van der Waals surface area contributed by atoms with Gasteiger partial charge in [-0.25, -0.2) is 0 Å². The molecule has 3 rings (SSSR count). The maximum Gasteiger partial charge on any atom is 0.573 e. The van der Waals surface area contributed by atoms with Crippen LogP contribution in [0.4, 0.5) is 13.2 Å². The summed E-state index contributed by atoms with van der Waals surface area (Å²) >= 11 is 0. The molecule has 0 saturated heterocycles. The van der Waals surface area contributed by atoms with Gasteiger partial charge in [0.2, 0.25) is 5.91 Å². The summed E-state index contributed by atoms with van der Waals surface area (Å²) in [5.41, 5.74) is 3.31. The summed E-state index contributed by atoms with van der Waals surface area (Å²) in [6.45, 7) is -0.0435. The summed E-state index contributed by atoms with van der Waals surface area (Å²) < 4.78 is 41.6. The number of Topliss-reactive ketones (excluding diaryl/α,β-unsaturated/α-hetero) is 1. The van der Waals surface area contributed by atoms with Gasteiger partial charge < -0.3 is 9.64 Å². The predicted molar refractivity (Wildman–Crippen MR) is 102 cm³/mol. The van der Waals surface area contributed by atoms with E-state index in [9.17, 15) is 22.8 Å². The highest BCUT2D eigenvalue weighted by Crippen LogP contribution is 2.27. The Morgan fingerprint density at radius 3 is 2.52 bits per heavy atom. The van der Waals surface area contributed by atoms with Crippen LogP contribution in [0.25, 0.3) is 0 Å².